The summed E-state index contributed by atoms with van der Waals surface area (Å²) >= 11 is 0. The molecule has 3 heterocycles. The van der Waals surface area contributed by atoms with Gasteiger partial charge in [0, 0.05) is 30.7 Å². The quantitative estimate of drug-likeness (QED) is 0.857. The summed E-state index contributed by atoms with van der Waals surface area (Å²) < 4.78 is 2.46. The molecule has 0 amide bonds. The van der Waals surface area contributed by atoms with Crippen LogP contribution < -0.4 is 0 Å². The molecule has 1 saturated heterocycles. The SMILES string of the molecule is CC(C)N1CCCCC1Cc1nc2cccnc2n1C1CCC1. The predicted octanol–water partition coefficient (Wildman–Crippen LogP) is 3.96. The first-order chi connectivity index (χ1) is 11.2. The van der Waals surface area contributed by atoms with Crippen LogP contribution in [0.25, 0.3) is 11.2 Å². The number of piperidine rings is 1. The van der Waals surface area contributed by atoms with Crippen LogP contribution >= 0.6 is 0 Å². The molecule has 0 aromatic carbocycles. The third-order valence-corrected chi connectivity index (χ3v) is 5.72. The van der Waals surface area contributed by atoms with Gasteiger partial charge in [-0.3, -0.25) is 4.90 Å². The van der Waals surface area contributed by atoms with Gasteiger partial charge in [0.2, 0.25) is 0 Å². The van der Waals surface area contributed by atoms with Crippen LogP contribution in [0.3, 0.4) is 0 Å². The Labute approximate surface area is 138 Å². The second-order valence-corrected chi connectivity index (χ2v) is 7.51. The molecule has 1 saturated carbocycles. The Balaban J connectivity index is 1.67. The Morgan fingerprint density at radius 1 is 1.17 bits per heavy atom. The molecule has 0 bridgehead atoms. The smallest absolute Gasteiger partial charge is 0.160 e. The molecule has 1 atom stereocenters. The number of pyridine rings is 1. The minimum absolute atomic E-state index is 0.625. The first-order valence-electron chi connectivity index (χ1n) is 9.31. The van der Waals surface area contributed by atoms with Crippen molar-refractivity contribution in [1.29, 1.82) is 0 Å². The van der Waals surface area contributed by atoms with Gasteiger partial charge in [0.05, 0.1) is 0 Å². The molecule has 2 aliphatic rings. The third-order valence-electron chi connectivity index (χ3n) is 5.72. The Morgan fingerprint density at radius 3 is 2.78 bits per heavy atom. The van der Waals surface area contributed by atoms with Crippen LogP contribution in [0.5, 0.6) is 0 Å². The van der Waals surface area contributed by atoms with Crippen molar-refractivity contribution in [3.63, 3.8) is 0 Å². The molecule has 0 N–H and O–H groups in total. The van der Waals surface area contributed by atoms with Gasteiger partial charge in [-0.05, 0) is 64.6 Å². The molecule has 1 unspecified atom stereocenters. The van der Waals surface area contributed by atoms with E-state index in [4.69, 9.17) is 4.98 Å². The molecule has 0 spiro atoms. The fourth-order valence-electron chi connectivity index (χ4n) is 4.28. The Kier molecular flexibility index (Phi) is 4.10. The van der Waals surface area contributed by atoms with Crippen LogP contribution in [-0.2, 0) is 6.42 Å². The minimum Gasteiger partial charge on any atom is -0.310 e. The summed E-state index contributed by atoms with van der Waals surface area (Å²) in [5, 5.41) is 0. The van der Waals surface area contributed by atoms with E-state index in [2.05, 4.69) is 34.4 Å². The van der Waals surface area contributed by atoms with Gasteiger partial charge in [-0.1, -0.05) is 6.42 Å². The normalized spacial score (nSPS) is 23.5. The standard InChI is InChI=1S/C19H28N4/c1-14(2)22-12-4-3-7-16(22)13-18-21-17-10-6-11-20-19(17)23(18)15-8-5-9-15/h6,10-11,14-16H,3-5,7-9,12-13H2,1-2H3. The van der Waals surface area contributed by atoms with Crippen molar-refractivity contribution in [1.82, 2.24) is 19.4 Å². The second kappa shape index (κ2) is 6.23. The van der Waals surface area contributed by atoms with Crippen LogP contribution in [0.2, 0.25) is 0 Å². The maximum absolute atomic E-state index is 4.98. The Hall–Kier alpha value is -1.42. The van der Waals surface area contributed by atoms with Gasteiger partial charge < -0.3 is 4.57 Å². The fourth-order valence-corrected chi connectivity index (χ4v) is 4.28. The number of nitrogens with zero attached hydrogens (tertiary/aromatic N) is 4. The first-order valence-corrected chi connectivity index (χ1v) is 9.31. The van der Waals surface area contributed by atoms with E-state index < -0.39 is 0 Å². The highest BCUT2D eigenvalue weighted by atomic mass is 15.2. The van der Waals surface area contributed by atoms with Crippen molar-refractivity contribution in [2.24, 2.45) is 0 Å². The van der Waals surface area contributed by atoms with E-state index in [9.17, 15) is 0 Å². The molecule has 23 heavy (non-hydrogen) atoms. The van der Waals surface area contributed by atoms with Crippen molar-refractivity contribution < 1.29 is 0 Å². The average molecular weight is 312 g/mol. The van der Waals surface area contributed by atoms with Crippen molar-refractivity contribution >= 4 is 11.2 Å². The zero-order valence-electron chi connectivity index (χ0n) is 14.4. The molecular weight excluding hydrogens is 284 g/mol. The number of hydrogen-bond acceptors (Lipinski definition) is 3. The van der Waals surface area contributed by atoms with Crippen LogP contribution in [0.1, 0.15) is 64.2 Å². The van der Waals surface area contributed by atoms with E-state index in [0.717, 1.165) is 17.6 Å². The summed E-state index contributed by atoms with van der Waals surface area (Å²) in [5.74, 6) is 1.26. The lowest BCUT2D eigenvalue weighted by molar-refractivity contribution is 0.109. The third kappa shape index (κ3) is 2.78. The van der Waals surface area contributed by atoms with Gasteiger partial charge in [0.15, 0.2) is 5.65 Å². The maximum atomic E-state index is 4.98. The van der Waals surface area contributed by atoms with Gasteiger partial charge in [0.1, 0.15) is 11.3 Å². The van der Waals surface area contributed by atoms with E-state index in [0.29, 0.717) is 18.1 Å². The van der Waals surface area contributed by atoms with E-state index >= 15 is 0 Å². The van der Waals surface area contributed by atoms with Gasteiger partial charge in [-0.25, -0.2) is 9.97 Å². The summed E-state index contributed by atoms with van der Waals surface area (Å²) in [6.45, 7) is 5.90. The molecule has 1 aliphatic carbocycles. The lowest BCUT2D eigenvalue weighted by Crippen LogP contribution is -2.45. The molecule has 2 fully saturated rings. The number of imidazole rings is 1. The first kappa shape index (κ1) is 15.1. The van der Waals surface area contributed by atoms with Crippen LogP contribution in [0.4, 0.5) is 0 Å². The molecule has 4 rings (SSSR count). The number of rotatable bonds is 4. The van der Waals surface area contributed by atoms with Gasteiger partial charge in [0.25, 0.3) is 0 Å². The van der Waals surface area contributed by atoms with Crippen molar-refractivity contribution in [2.45, 2.75) is 76.9 Å². The van der Waals surface area contributed by atoms with E-state index in [1.807, 2.05) is 12.3 Å². The molecule has 1 aliphatic heterocycles. The largest absolute Gasteiger partial charge is 0.310 e. The highest BCUT2D eigenvalue weighted by Crippen LogP contribution is 2.36. The van der Waals surface area contributed by atoms with Crippen LogP contribution in [0.15, 0.2) is 18.3 Å². The number of fused-ring (bicyclic) bond motifs is 1. The summed E-state index contributed by atoms with van der Waals surface area (Å²) in [4.78, 5) is 12.3. The van der Waals surface area contributed by atoms with Gasteiger partial charge in [-0.2, -0.15) is 0 Å². The van der Waals surface area contributed by atoms with E-state index in [1.165, 1.54) is 50.9 Å². The zero-order chi connectivity index (χ0) is 15.8. The summed E-state index contributed by atoms with van der Waals surface area (Å²) in [5.41, 5.74) is 2.17. The summed E-state index contributed by atoms with van der Waals surface area (Å²) in [6.07, 6.45) is 10.9. The maximum Gasteiger partial charge on any atom is 0.160 e. The molecule has 0 radical (unpaired) electrons. The lowest BCUT2D eigenvalue weighted by atomic mass is 9.92. The van der Waals surface area contributed by atoms with E-state index in [1.54, 1.807) is 0 Å². The second-order valence-electron chi connectivity index (χ2n) is 7.51. The highest BCUT2D eigenvalue weighted by Gasteiger charge is 2.30. The monoisotopic (exact) mass is 312 g/mol. The highest BCUT2D eigenvalue weighted by molar-refractivity contribution is 5.71. The minimum atomic E-state index is 0.625. The molecule has 4 nitrogen and oxygen atoms in total. The Bertz CT molecular complexity index is 671. The molecule has 124 valence electrons. The van der Waals surface area contributed by atoms with Crippen molar-refractivity contribution in [3.05, 3.63) is 24.2 Å². The van der Waals surface area contributed by atoms with Gasteiger partial charge in [-0.15, -0.1) is 0 Å². The van der Waals surface area contributed by atoms with Gasteiger partial charge >= 0.3 is 0 Å². The topological polar surface area (TPSA) is 34.0 Å². The number of aromatic nitrogens is 3. The molecule has 2 aromatic rings. The summed E-state index contributed by atoms with van der Waals surface area (Å²) in [6, 6.07) is 6.01. The Morgan fingerprint density at radius 2 is 2.04 bits per heavy atom. The molecular formula is C19H28N4. The van der Waals surface area contributed by atoms with E-state index in [-0.39, 0.29) is 0 Å². The average Bonchev–Trinajstić information content (AvgIpc) is 2.84. The zero-order valence-corrected chi connectivity index (χ0v) is 14.4. The number of likely N-dealkylation sites (tertiary alicyclic amines) is 1. The molecule has 4 heteroatoms. The summed E-state index contributed by atoms with van der Waals surface area (Å²) in [7, 11) is 0. The molecule has 2 aromatic heterocycles. The lowest BCUT2D eigenvalue weighted by Gasteiger charge is -2.39. The van der Waals surface area contributed by atoms with Crippen LogP contribution in [0, 0.1) is 0 Å². The number of hydrogen-bond donors (Lipinski definition) is 0. The predicted molar refractivity (Wildman–Crippen MR) is 93.6 cm³/mol. The van der Waals surface area contributed by atoms with Crippen LogP contribution in [-0.4, -0.2) is 38.1 Å². The fraction of sp³-hybridized carbons (Fsp3) is 0.684. The van der Waals surface area contributed by atoms with Crippen molar-refractivity contribution in [3.8, 4) is 0 Å². The van der Waals surface area contributed by atoms with Crippen molar-refractivity contribution in [2.75, 3.05) is 6.54 Å².